The van der Waals surface area contributed by atoms with Crippen LogP contribution in [-0.2, 0) is 6.42 Å². The van der Waals surface area contributed by atoms with Gasteiger partial charge in [-0.25, -0.2) is 9.97 Å². The molecule has 2 aliphatic rings. The third-order valence-corrected chi connectivity index (χ3v) is 7.66. The summed E-state index contributed by atoms with van der Waals surface area (Å²) in [6, 6.07) is 9.15. The Labute approximate surface area is 199 Å². The molecule has 4 aromatic heterocycles. The largest absolute Gasteiger partial charge is 0.367 e. The minimum Gasteiger partial charge on any atom is -0.367 e. The Morgan fingerprint density at radius 3 is 2.65 bits per heavy atom. The van der Waals surface area contributed by atoms with Crippen molar-refractivity contribution in [2.45, 2.75) is 58.5 Å². The van der Waals surface area contributed by atoms with Crippen molar-refractivity contribution in [2.75, 3.05) is 24.5 Å². The number of anilines is 1. The van der Waals surface area contributed by atoms with Crippen molar-refractivity contribution in [3.8, 4) is 11.3 Å². The topological polar surface area (TPSA) is 58.2 Å². The molecule has 1 aliphatic carbocycles. The third kappa shape index (κ3) is 3.59. The fourth-order valence-electron chi connectivity index (χ4n) is 5.59. The van der Waals surface area contributed by atoms with E-state index in [0.29, 0.717) is 17.4 Å². The minimum absolute atomic E-state index is 0.0528. The fraction of sp³-hybridized carbons (Fsp3) is 0.444. The second-order valence-corrected chi connectivity index (χ2v) is 9.93. The Hall–Kier alpha value is -3.19. The van der Waals surface area contributed by atoms with Crippen LogP contribution in [0.15, 0.2) is 47.7 Å². The van der Waals surface area contributed by atoms with Crippen molar-refractivity contribution in [3.63, 3.8) is 0 Å². The van der Waals surface area contributed by atoms with Gasteiger partial charge in [-0.15, -0.1) is 0 Å². The molecule has 7 nitrogen and oxygen atoms in total. The van der Waals surface area contributed by atoms with E-state index in [2.05, 4.69) is 40.8 Å². The first kappa shape index (κ1) is 21.4. The molecule has 0 bridgehead atoms. The van der Waals surface area contributed by atoms with Gasteiger partial charge in [-0.2, -0.15) is 0 Å². The van der Waals surface area contributed by atoms with Crippen molar-refractivity contribution >= 4 is 17.0 Å². The first-order chi connectivity index (χ1) is 16.5. The Morgan fingerprint density at radius 2 is 1.91 bits per heavy atom. The number of hydrogen-bond donors (Lipinski definition) is 0. The second kappa shape index (κ2) is 8.24. The summed E-state index contributed by atoms with van der Waals surface area (Å²) in [6.45, 7) is 9.53. The van der Waals surface area contributed by atoms with E-state index < -0.39 is 0 Å². The number of aromatic nitrogens is 4. The van der Waals surface area contributed by atoms with Gasteiger partial charge >= 0.3 is 0 Å². The van der Waals surface area contributed by atoms with E-state index in [9.17, 15) is 4.79 Å². The summed E-state index contributed by atoms with van der Waals surface area (Å²) in [4.78, 5) is 27.7. The lowest BCUT2D eigenvalue weighted by Gasteiger charge is -2.47. The zero-order valence-electron chi connectivity index (χ0n) is 20.2. The van der Waals surface area contributed by atoms with Gasteiger partial charge in [-0.05, 0) is 56.9 Å². The van der Waals surface area contributed by atoms with Crippen molar-refractivity contribution in [2.24, 2.45) is 0 Å². The van der Waals surface area contributed by atoms with Crippen LogP contribution < -0.4 is 10.5 Å². The van der Waals surface area contributed by atoms with Gasteiger partial charge in [-0.3, -0.25) is 14.1 Å². The van der Waals surface area contributed by atoms with Crippen LogP contribution in [0.25, 0.3) is 22.6 Å². The molecule has 34 heavy (non-hydrogen) atoms. The Morgan fingerprint density at radius 1 is 1.06 bits per heavy atom. The Kier molecular flexibility index (Phi) is 5.17. The smallest absolute Gasteiger partial charge is 0.258 e. The normalized spacial score (nSPS) is 19.7. The molecule has 0 amide bonds. The van der Waals surface area contributed by atoms with Crippen LogP contribution >= 0.6 is 0 Å². The summed E-state index contributed by atoms with van der Waals surface area (Å²) < 4.78 is 3.73. The number of pyridine rings is 2. The van der Waals surface area contributed by atoms with Crippen LogP contribution in [0.2, 0.25) is 0 Å². The van der Waals surface area contributed by atoms with Crippen molar-refractivity contribution in [3.05, 3.63) is 64.5 Å². The monoisotopic (exact) mass is 456 g/mol. The Balaban J connectivity index is 1.32. The highest BCUT2D eigenvalue weighted by Gasteiger charge is 2.32. The summed E-state index contributed by atoms with van der Waals surface area (Å²) in [6.07, 6.45) is 10.9. The summed E-state index contributed by atoms with van der Waals surface area (Å²) in [7, 11) is 0. The predicted molar refractivity (Wildman–Crippen MR) is 136 cm³/mol. The lowest BCUT2D eigenvalue weighted by molar-refractivity contribution is 0.0775. The molecular formula is C27H32N6O. The first-order valence-corrected chi connectivity index (χ1v) is 12.5. The highest BCUT2D eigenvalue weighted by molar-refractivity contribution is 5.66. The standard InChI is InChI=1S/C27H32N6O/c1-4-20-12-21(16-31-14-18(2)28-27(20)31)24-13-26(34)33-17-23(8-9-25(33)29-24)30-10-11-32(19(3)15-30)22-6-5-7-22/h8-9,12-14,16-17,19,22H,4-7,10-11,15H2,1-3H3/t19-/m1/s1. The maximum atomic E-state index is 13.2. The van der Waals surface area contributed by atoms with Gasteiger partial charge in [0.1, 0.15) is 11.3 Å². The molecule has 5 heterocycles. The zero-order chi connectivity index (χ0) is 23.4. The van der Waals surface area contributed by atoms with Crippen molar-refractivity contribution in [1.82, 2.24) is 23.7 Å². The number of aryl methyl sites for hydroxylation is 2. The van der Waals surface area contributed by atoms with Crippen LogP contribution in [0.1, 0.15) is 44.4 Å². The number of piperazine rings is 1. The molecule has 0 N–H and O–H groups in total. The molecule has 1 saturated heterocycles. The van der Waals surface area contributed by atoms with Crippen molar-refractivity contribution < 1.29 is 0 Å². The number of fused-ring (bicyclic) bond motifs is 2. The molecule has 0 unspecified atom stereocenters. The number of hydrogen-bond acceptors (Lipinski definition) is 5. The van der Waals surface area contributed by atoms with Gasteiger partial charge in [0.05, 0.1) is 17.1 Å². The minimum atomic E-state index is -0.0528. The van der Waals surface area contributed by atoms with E-state index in [1.54, 1.807) is 10.5 Å². The van der Waals surface area contributed by atoms with E-state index in [1.165, 1.54) is 19.3 Å². The van der Waals surface area contributed by atoms with Gasteiger partial charge in [0, 0.05) is 61.9 Å². The molecule has 1 saturated carbocycles. The highest BCUT2D eigenvalue weighted by atomic mass is 16.1. The fourth-order valence-corrected chi connectivity index (χ4v) is 5.59. The average Bonchev–Trinajstić information content (AvgIpc) is 3.18. The molecule has 6 rings (SSSR count). The molecular weight excluding hydrogens is 424 g/mol. The van der Waals surface area contributed by atoms with Gasteiger partial charge in [0.25, 0.3) is 5.56 Å². The predicted octanol–water partition coefficient (Wildman–Crippen LogP) is 3.94. The molecule has 2 fully saturated rings. The van der Waals surface area contributed by atoms with Crippen molar-refractivity contribution in [1.29, 1.82) is 0 Å². The SMILES string of the molecule is CCc1cc(-c2cc(=O)n3cc(N4CCN(C5CCC5)[C@H](C)C4)ccc3n2)cn2cc(C)nc12. The highest BCUT2D eigenvalue weighted by Crippen LogP contribution is 2.29. The first-order valence-electron chi connectivity index (χ1n) is 12.5. The Bertz CT molecular complexity index is 1430. The van der Waals surface area contributed by atoms with E-state index in [-0.39, 0.29) is 5.56 Å². The molecule has 0 spiro atoms. The average molecular weight is 457 g/mol. The van der Waals surface area contributed by atoms with Gasteiger partial charge in [-0.1, -0.05) is 13.3 Å². The summed E-state index contributed by atoms with van der Waals surface area (Å²) >= 11 is 0. The van der Waals surface area contributed by atoms with Gasteiger partial charge in [0.15, 0.2) is 0 Å². The number of imidazole rings is 1. The van der Waals surface area contributed by atoms with Gasteiger partial charge in [0.2, 0.25) is 0 Å². The molecule has 4 aromatic rings. The van der Waals surface area contributed by atoms with Gasteiger partial charge < -0.3 is 9.30 Å². The number of rotatable bonds is 4. The maximum Gasteiger partial charge on any atom is 0.258 e. The molecule has 1 atom stereocenters. The van der Waals surface area contributed by atoms with Crippen LogP contribution in [0.5, 0.6) is 0 Å². The summed E-state index contributed by atoms with van der Waals surface area (Å²) in [5.74, 6) is 0. The molecule has 1 aliphatic heterocycles. The van der Waals surface area contributed by atoms with Crippen LogP contribution in [0, 0.1) is 6.92 Å². The molecule has 176 valence electrons. The van der Waals surface area contributed by atoms with E-state index in [4.69, 9.17) is 4.98 Å². The maximum absolute atomic E-state index is 13.2. The van der Waals surface area contributed by atoms with E-state index in [1.807, 2.05) is 36.0 Å². The van der Waals surface area contributed by atoms with E-state index in [0.717, 1.165) is 60.3 Å². The second-order valence-electron chi connectivity index (χ2n) is 9.93. The summed E-state index contributed by atoms with van der Waals surface area (Å²) in [5.41, 5.74) is 6.45. The molecule has 7 heteroatoms. The van der Waals surface area contributed by atoms with E-state index >= 15 is 0 Å². The van der Waals surface area contributed by atoms with Crippen LogP contribution in [-0.4, -0.2) is 55.4 Å². The summed E-state index contributed by atoms with van der Waals surface area (Å²) in [5, 5.41) is 0. The quantitative estimate of drug-likeness (QED) is 0.466. The zero-order valence-corrected chi connectivity index (χ0v) is 20.2. The molecule has 0 radical (unpaired) electrons. The lowest BCUT2D eigenvalue weighted by atomic mass is 9.89. The molecule has 0 aromatic carbocycles. The third-order valence-electron chi connectivity index (χ3n) is 7.66. The van der Waals surface area contributed by atoms with Crippen LogP contribution in [0.3, 0.4) is 0 Å². The lowest BCUT2D eigenvalue weighted by Crippen LogP contribution is -2.57. The van der Waals surface area contributed by atoms with Crippen LogP contribution in [0.4, 0.5) is 5.69 Å². The number of nitrogens with zero attached hydrogens (tertiary/aromatic N) is 6.